The van der Waals surface area contributed by atoms with E-state index in [1.165, 1.54) is 0 Å². The van der Waals surface area contributed by atoms with Crippen LogP contribution in [-0.2, 0) is 4.79 Å². The lowest BCUT2D eigenvalue weighted by Crippen LogP contribution is -2.61. The van der Waals surface area contributed by atoms with Gasteiger partial charge in [0, 0.05) is 26.2 Å². The fourth-order valence-electron chi connectivity index (χ4n) is 2.19. The molecule has 0 aromatic heterocycles. The molecule has 1 rings (SSSR count). The van der Waals surface area contributed by atoms with Crippen LogP contribution in [0.5, 0.6) is 0 Å². The lowest BCUT2D eigenvalue weighted by atomic mass is 9.99. The van der Waals surface area contributed by atoms with Gasteiger partial charge in [-0.05, 0) is 20.3 Å². The smallest absolute Gasteiger partial charge is 0.240 e. The Morgan fingerprint density at radius 3 is 2.61 bits per heavy atom. The summed E-state index contributed by atoms with van der Waals surface area (Å²) in [5.41, 5.74) is -0.495. The van der Waals surface area contributed by atoms with E-state index in [0.717, 1.165) is 39.0 Å². The number of piperazine rings is 1. The van der Waals surface area contributed by atoms with Crippen molar-refractivity contribution in [2.24, 2.45) is 0 Å². The van der Waals surface area contributed by atoms with E-state index >= 15 is 0 Å². The topological polar surface area (TPSA) is 44.4 Å². The van der Waals surface area contributed by atoms with E-state index in [9.17, 15) is 4.79 Å². The molecule has 1 amide bonds. The van der Waals surface area contributed by atoms with Crippen molar-refractivity contribution in [3.05, 3.63) is 0 Å². The summed E-state index contributed by atoms with van der Waals surface area (Å²) < 4.78 is 0. The molecular weight excluding hydrogens is 226 g/mol. The number of nitrogens with one attached hydrogen (secondary N) is 2. The number of hydrogen-bond donors (Lipinski definition) is 2. The van der Waals surface area contributed by atoms with Crippen LogP contribution in [0.2, 0.25) is 0 Å². The molecule has 1 fully saturated rings. The highest BCUT2D eigenvalue weighted by Gasteiger charge is 2.35. The van der Waals surface area contributed by atoms with E-state index in [0.29, 0.717) is 0 Å². The molecule has 1 heterocycles. The highest BCUT2D eigenvalue weighted by molar-refractivity contribution is 5.86. The number of amides is 1. The highest BCUT2D eigenvalue weighted by Crippen LogP contribution is 2.15. The minimum Gasteiger partial charge on any atom is -0.341 e. The van der Waals surface area contributed by atoms with Crippen LogP contribution in [0, 0.1) is 12.3 Å². The summed E-state index contributed by atoms with van der Waals surface area (Å²) in [6.07, 6.45) is 7.25. The average Bonchev–Trinajstić information content (AvgIpc) is 2.39. The van der Waals surface area contributed by atoms with Gasteiger partial charge in [0.1, 0.15) is 0 Å². The summed E-state index contributed by atoms with van der Waals surface area (Å²) in [4.78, 5) is 14.5. The summed E-state index contributed by atoms with van der Waals surface area (Å²) >= 11 is 0. The van der Waals surface area contributed by atoms with Crippen LogP contribution >= 0.6 is 0 Å². The molecular formula is C14H25N3O. The molecule has 1 saturated heterocycles. The van der Waals surface area contributed by atoms with Crippen LogP contribution in [-0.4, -0.2) is 48.6 Å². The lowest BCUT2D eigenvalue weighted by Gasteiger charge is -2.40. The SMILES string of the molecule is C#CC(CCC)NC(=O)C(C)(C)N1CCNCC1. The van der Waals surface area contributed by atoms with Crippen molar-refractivity contribution in [2.75, 3.05) is 26.2 Å². The Morgan fingerprint density at radius 1 is 1.50 bits per heavy atom. The van der Waals surface area contributed by atoms with E-state index in [1.807, 2.05) is 13.8 Å². The van der Waals surface area contributed by atoms with Gasteiger partial charge in [-0.3, -0.25) is 9.69 Å². The molecule has 0 aromatic carbocycles. The summed E-state index contributed by atoms with van der Waals surface area (Å²) in [5.74, 6) is 2.67. The first-order chi connectivity index (χ1) is 8.52. The first-order valence-electron chi connectivity index (χ1n) is 6.75. The molecule has 0 aromatic rings. The van der Waals surface area contributed by atoms with Gasteiger partial charge in [0.05, 0.1) is 11.6 Å². The highest BCUT2D eigenvalue weighted by atomic mass is 16.2. The van der Waals surface area contributed by atoms with Crippen molar-refractivity contribution in [1.82, 2.24) is 15.5 Å². The second kappa shape index (κ2) is 6.77. The Morgan fingerprint density at radius 2 is 2.11 bits per heavy atom. The molecule has 1 unspecified atom stereocenters. The summed E-state index contributed by atoms with van der Waals surface area (Å²) in [5, 5.41) is 6.26. The zero-order valence-corrected chi connectivity index (χ0v) is 11.8. The third-order valence-electron chi connectivity index (χ3n) is 3.55. The Labute approximate surface area is 110 Å². The van der Waals surface area contributed by atoms with Crippen molar-refractivity contribution in [2.45, 2.75) is 45.2 Å². The Hall–Kier alpha value is -1.05. The van der Waals surface area contributed by atoms with Crippen molar-refractivity contribution in [3.8, 4) is 12.3 Å². The van der Waals surface area contributed by atoms with Gasteiger partial charge in [0.2, 0.25) is 5.91 Å². The zero-order chi connectivity index (χ0) is 13.6. The van der Waals surface area contributed by atoms with Crippen molar-refractivity contribution in [1.29, 1.82) is 0 Å². The van der Waals surface area contributed by atoms with Crippen LogP contribution < -0.4 is 10.6 Å². The molecule has 0 spiro atoms. The monoisotopic (exact) mass is 251 g/mol. The maximum atomic E-state index is 12.3. The predicted octanol–water partition coefficient (Wildman–Crippen LogP) is 0.588. The van der Waals surface area contributed by atoms with E-state index in [-0.39, 0.29) is 11.9 Å². The Bertz CT molecular complexity index is 313. The second-order valence-electron chi connectivity index (χ2n) is 5.28. The van der Waals surface area contributed by atoms with Gasteiger partial charge in [-0.2, -0.15) is 0 Å². The van der Waals surface area contributed by atoms with Gasteiger partial charge >= 0.3 is 0 Å². The maximum absolute atomic E-state index is 12.3. The number of nitrogens with zero attached hydrogens (tertiary/aromatic N) is 1. The number of carbonyl (C=O) groups excluding carboxylic acids is 1. The fraction of sp³-hybridized carbons (Fsp3) is 0.786. The van der Waals surface area contributed by atoms with Crippen molar-refractivity contribution < 1.29 is 4.79 Å². The Kier molecular flexibility index (Phi) is 5.64. The summed E-state index contributed by atoms with van der Waals surface area (Å²) in [7, 11) is 0. The molecule has 4 nitrogen and oxygen atoms in total. The summed E-state index contributed by atoms with van der Waals surface area (Å²) in [6, 6.07) is -0.148. The summed E-state index contributed by atoms with van der Waals surface area (Å²) in [6.45, 7) is 9.66. The van der Waals surface area contributed by atoms with Crippen molar-refractivity contribution in [3.63, 3.8) is 0 Å². The third kappa shape index (κ3) is 3.72. The minimum absolute atomic E-state index is 0.0285. The van der Waals surface area contributed by atoms with Gasteiger partial charge in [-0.15, -0.1) is 6.42 Å². The first kappa shape index (κ1) is 15.0. The quantitative estimate of drug-likeness (QED) is 0.703. The molecule has 102 valence electrons. The van der Waals surface area contributed by atoms with Crippen LogP contribution in [0.1, 0.15) is 33.6 Å². The van der Waals surface area contributed by atoms with Crippen LogP contribution in [0.3, 0.4) is 0 Å². The molecule has 18 heavy (non-hydrogen) atoms. The van der Waals surface area contributed by atoms with E-state index in [2.05, 4.69) is 28.4 Å². The number of rotatable bonds is 5. The fourth-order valence-corrected chi connectivity index (χ4v) is 2.19. The predicted molar refractivity (Wildman–Crippen MR) is 74.2 cm³/mol. The molecule has 0 aliphatic carbocycles. The van der Waals surface area contributed by atoms with Gasteiger partial charge in [-0.1, -0.05) is 19.3 Å². The maximum Gasteiger partial charge on any atom is 0.240 e. The molecule has 1 aliphatic rings. The molecule has 0 radical (unpaired) electrons. The second-order valence-corrected chi connectivity index (χ2v) is 5.28. The molecule has 2 N–H and O–H groups in total. The van der Waals surface area contributed by atoms with Crippen molar-refractivity contribution >= 4 is 5.91 Å². The molecule has 1 atom stereocenters. The van der Waals surface area contributed by atoms with Gasteiger partial charge < -0.3 is 10.6 Å². The van der Waals surface area contributed by atoms with E-state index in [4.69, 9.17) is 6.42 Å². The molecule has 0 bridgehead atoms. The standard InChI is InChI=1S/C14H25N3O/c1-5-7-12(6-2)16-13(18)14(3,4)17-10-8-15-9-11-17/h2,12,15H,5,7-11H2,1,3-4H3,(H,16,18). The number of carbonyl (C=O) groups is 1. The van der Waals surface area contributed by atoms with Gasteiger partial charge in [-0.25, -0.2) is 0 Å². The molecule has 0 saturated carbocycles. The molecule has 4 heteroatoms. The van der Waals surface area contributed by atoms with Crippen LogP contribution in [0.15, 0.2) is 0 Å². The zero-order valence-electron chi connectivity index (χ0n) is 11.8. The average molecular weight is 251 g/mol. The minimum atomic E-state index is -0.495. The van der Waals surface area contributed by atoms with Gasteiger partial charge in [0.25, 0.3) is 0 Å². The number of terminal acetylenes is 1. The van der Waals surface area contributed by atoms with Crippen LogP contribution in [0.4, 0.5) is 0 Å². The first-order valence-corrected chi connectivity index (χ1v) is 6.75. The largest absolute Gasteiger partial charge is 0.341 e. The van der Waals surface area contributed by atoms with E-state index < -0.39 is 5.54 Å². The number of hydrogen-bond acceptors (Lipinski definition) is 3. The molecule has 1 aliphatic heterocycles. The third-order valence-corrected chi connectivity index (χ3v) is 3.55. The van der Waals surface area contributed by atoms with Crippen LogP contribution in [0.25, 0.3) is 0 Å². The normalized spacial score (nSPS) is 19.0. The van der Waals surface area contributed by atoms with E-state index in [1.54, 1.807) is 0 Å². The lowest BCUT2D eigenvalue weighted by molar-refractivity contribution is -0.132. The van der Waals surface area contributed by atoms with Gasteiger partial charge in [0.15, 0.2) is 0 Å². The Balaban J connectivity index is 2.60.